The molecule has 0 aliphatic heterocycles. The molecule has 18 heavy (non-hydrogen) atoms. The Morgan fingerprint density at radius 1 is 1.50 bits per heavy atom. The second-order valence-corrected chi connectivity index (χ2v) is 5.39. The summed E-state index contributed by atoms with van der Waals surface area (Å²) in [5.41, 5.74) is 5.95. The van der Waals surface area contributed by atoms with Crippen molar-refractivity contribution in [3.05, 3.63) is 11.7 Å². The Kier molecular flexibility index (Phi) is 4.02. The van der Waals surface area contributed by atoms with Crippen molar-refractivity contribution in [1.82, 2.24) is 10.1 Å². The molecule has 2 rings (SSSR count). The van der Waals surface area contributed by atoms with E-state index >= 15 is 0 Å². The van der Waals surface area contributed by atoms with E-state index in [2.05, 4.69) is 17.1 Å². The lowest BCUT2D eigenvalue weighted by Gasteiger charge is -2.32. The summed E-state index contributed by atoms with van der Waals surface area (Å²) in [6.45, 7) is 6.76. The normalized spacial score (nSPS) is 30.3. The number of ether oxygens (including phenoxy) is 1. The molecule has 5 nitrogen and oxygen atoms in total. The van der Waals surface area contributed by atoms with Crippen LogP contribution in [-0.2, 0) is 10.3 Å². The highest BCUT2D eigenvalue weighted by Gasteiger charge is 2.37. The fraction of sp³-hybridized carbons (Fsp3) is 0.846. The van der Waals surface area contributed by atoms with Crippen LogP contribution in [0.1, 0.15) is 64.3 Å². The second kappa shape index (κ2) is 5.36. The fourth-order valence-corrected chi connectivity index (χ4v) is 2.42. The third kappa shape index (κ3) is 2.72. The molecule has 1 fully saturated rings. The average Bonchev–Trinajstić information content (AvgIpc) is 2.84. The zero-order valence-corrected chi connectivity index (χ0v) is 11.5. The van der Waals surface area contributed by atoms with Crippen LogP contribution < -0.4 is 5.73 Å². The summed E-state index contributed by atoms with van der Waals surface area (Å²) >= 11 is 0. The van der Waals surface area contributed by atoms with E-state index in [9.17, 15) is 0 Å². The quantitative estimate of drug-likeness (QED) is 0.892. The van der Waals surface area contributed by atoms with Gasteiger partial charge in [0.25, 0.3) is 0 Å². The SMILES string of the molecule is CCOC(C)c1noc(C2(N)CCC(C)CC2)n1. The molecule has 0 bridgehead atoms. The van der Waals surface area contributed by atoms with Crippen molar-refractivity contribution in [3.63, 3.8) is 0 Å². The first-order chi connectivity index (χ1) is 8.55. The lowest BCUT2D eigenvalue weighted by Crippen LogP contribution is -2.40. The van der Waals surface area contributed by atoms with Crippen LogP contribution in [0.4, 0.5) is 0 Å². The first-order valence-corrected chi connectivity index (χ1v) is 6.79. The van der Waals surface area contributed by atoms with E-state index < -0.39 is 5.54 Å². The average molecular weight is 253 g/mol. The van der Waals surface area contributed by atoms with Gasteiger partial charge in [-0.1, -0.05) is 12.1 Å². The highest BCUT2D eigenvalue weighted by Crippen LogP contribution is 2.36. The molecule has 1 saturated carbocycles. The van der Waals surface area contributed by atoms with E-state index in [1.54, 1.807) is 0 Å². The predicted octanol–water partition coefficient (Wildman–Crippen LogP) is 2.53. The summed E-state index contributed by atoms with van der Waals surface area (Å²) in [6.07, 6.45) is 3.93. The van der Waals surface area contributed by atoms with Crippen LogP contribution in [0.3, 0.4) is 0 Å². The Balaban J connectivity index is 2.09. The molecule has 0 aromatic carbocycles. The molecule has 1 aliphatic carbocycles. The minimum Gasteiger partial charge on any atom is -0.371 e. The predicted molar refractivity (Wildman–Crippen MR) is 67.8 cm³/mol. The molecule has 1 aliphatic rings. The van der Waals surface area contributed by atoms with Gasteiger partial charge in [-0.05, 0) is 45.4 Å². The standard InChI is InChI=1S/C13H23N3O2/c1-4-17-10(3)11-15-12(18-16-11)13(14)7-5-9(2)6-8-13/h9-10H,4-8,14H2,1-3H3. The summed E-state index contributed by atoms with van der Waals surface area (Å²) < 4.78 is 10.8. The van der Waals surface area contributed by atoms with Gasteiger partial charge in [0.2, 0.25) is 5.89 Å². The van der Waals surface area contributed by atoms with Crippen LogP contribution >= 0.6 is 0 Å². The van der Waals surface area contributed by atoms with Crippen LogP contribution in [0.25, 0.3) is 0 Å². The van der Waals surface area contributed by atoms with Crippen molar-refractivity contribution < 1.29 is 9.26 Å². The zero-order chi connectivity index (χ0) is 13.2. The maximum atomic E-state index is 6.39. The van der Waals surface area contributed by atoms with Gasteiger partial charge in [-0.25, -0.2) is 0 Å². The van der Waals surface area contributed by atoms with E-state index in [-0.39, 0.29) is 6.10 Å². The first kappa shape index (κ1) is 13.5. The van der Waals surface area contributed by atoms with Crippen molar-refractivity contribution in [3.8, 4) is 0 Å². The molecular weight excluding hydrogens is 230 g/mol. The van der Waals surface area contributed by atoms with Gasteiger partial charge in [0.15, 0.2) is 5.82 Å². The lowest BCUT2D eigenvalue weighted by atomic mass is 9.78. The first-order valence-electron chi connectivity index (χ1n) is 6.79. The molecule has 1 atom stereocenters. The highest BCUT2D eigenvalue weighted by atomic mass is 16.5. The van der Waals surface area contributed by atoms with Gasteiger partial charge in [0.1, 0.15) is 6.10 Å². The van der Waals surface area contributed by atoms with Gasteiger partial charge in [-0.2, -0.15) is 4.98 Å². The molecular formula is C13H23N3O2. The van der Waals surface area contributed by atoms with Crippen molar-refractivity contribution in [2.75, 3.05) is 6.61 Å². The molecule has 1 heterocycles. The molecule has 102 valence electrons. The van der Waals surface area contributed by atoms with Crippen molar-refractivity contribution in [2.24, 2.45) is 11.7 Å². The fourth-order valence-electron chi connectivity index (χ4n) is 2.42. The van der Waals surface area contributed by atoms with E-state index in [1.165, 1.54) is 0 Å². The topological polar surface area (TPSA) is 74.2 Å². The molecule has 1 unspecified atom stereocenters. The van der Waals surface area contributed by atoms with Gasteiger partial charge in [0, 0.05) is 6.61 Å². The molecule has 2 N–H and O–H groups in total. The number of nitrogens with zero attached hydrogens (tertiary/aromatic N) is 2. The third-order valence-corrected chi connectivity index (χ3v) is 3.81. The number of nitrogens with two attached hydrogens (primary N) is 1. The number of aromatic nitrogens is 2. The maximum Gasteiger partial charge on any atom is 0.246 e. The summed E-state index contributed by atoms with van der Waals surface area (Å²) in [7, 11) is 0. The molecule has 0 saturated heterocycles. The molecule has 1 aromatic rings. The van der Waals surface area contributed by atoms with E-state index in [1.807, 2.05) is 13.8 Å². The monoisotopic (exact) mass is 253 g/mol. The number of hydrogen-bond donors (Lipinski definition) is 1. The Morgan fingerprint density at radius 3 is 2.78 bits per heavy atom. The Morgan fingerprint density at radius 2 is 2.17 bits per heavy atom. The smallest absolute Gasteiger partial charge is 0.246 e. The number of rotatable bonds is 4. The minimum atomic E-state index is -0.441. The molecule has 0 radical (unpaired) electrons. The van der Waals surface area contributed by atoms with Gasteiger partial charge in [-0.3, -0.25) is 0 Å². The van der Waals surface area contributed by atoms with Gasteiger partial charge < -0.3 is 15.0 Å². The molecule has 0 spiro atoms. The minimum absolute atomic E-state index is 0.140. The van der Waals surface area contributed by atoms with Gasteiger partial charge in [-0.15, -0.1) is 0 Å². The van der Waals surface area contributed by atoms with Crippen LogP contribution in [0.15, 0.2) is 4.52 Å². The van der Waals surface area contributed by atoms with E-state index in [0.717, 1.165) is 31.6 Å². The lowest BCUT2D eigenvalue weighted by molar-refractivity contribution is 0.0683. The summed E-state index contributed by atoms with van der Waals surface area (Å²) in [6, 6.07) is 0. The highest BCUT2D eigenvalue weighted by molar-refractivity contribution is 5.05. The van der Waals surface area contributed by atoms with Crippen molar-refractivity contribution in [1.29, 1.82) is 0 Å². The molecule has 1 aromatic heterocycles. The summed E-state index contributed by atoms with van der Waals surface area (Å²) in [4.78, 5) is 4.42. The number of hydrogen-bond acceptors (Lipinski definition) is 5. The summed E-state index contributed by atoms with van der Waals surface area (Å²) in [5, 5.41) is 3.98. The zero-order valence-electron chi connectivity index (χ0n) is 11.5. The van der Waals surface area contributed by atoms with Crippen LogP contribution in [0, 0.1) is 5.92 Å². The Labute approximate surface area is 108 Å². The Bertz CT molecular complexity index is 383. The molecule has 5 heteroatoms. The van der Waals surface area contributed by atoms with Crippen LogP contribution in [0.2, 0.25) is 0 Å². The largest absolute Gasteiger partial charge is 0.371 e. The van der Waals surface area contributed by atoms with Gasteiger partial charge in [0.05, 0.1) is 5.54 Å². The van der Waals surface area contributed by atoms with Crippen LogP contribution in [-0.4, -0.2) is 16.7 Å². The van der Waals surface area contributed by atoms with Gasteiger partial charge >= 0.3 is 0 Å². The maximum absolute atomic E-state index is 6.39. The van der Waals surface area contributed by atoms with E-state index in [0.29, 0.717) is 18.3 Å². The van der Waals surface area contributed by atoms with Crippen molar-refractivity contribution >= 4 is 0 Å². The summed E-state index contributed by atoms with van der Waals surface area (Å²) in [5.74, 6) is 1.90. The second-order valence-electron chi connectivity index (χ2n) is 5.39. The third-order valence-electron chi connectivity index (χ3n) is 3.81. The van der Waals surface area contributed by atoms with E-state index in [4.69, 9.17) is 15.0 Å². The molecule has 0 amide bonds. The Hall–Kier alpha value is -0.940. The van der Waals surface area contributed by atoms with Crippen LogP contribution in [0.5, 0.6) is 0 Å². The van der Waals surface area contributed by atoms with Crippen molar-refractivity contribution in [2.45, 2.75) is 58.1 Å².